The lowest BCUT2D eigenvalue weighted by Crippen LogP contribution is -2.42. The molecule has 1 saturated heterocycles. The van der Waals surface area contributed by atoms with Crippen molar-refractivity contribution in [3.05, 3.63) is 17.5 Å². The monoisotopic (exact) mass is 326 g/mol. The largest absolute Gasteiger partial charge is 0.376 e. The van der Waals surface area contributed by atoms with Gasteiger partial charge in [0.15, 0.2) is 0 Å². The van der Waals surface area contributed by atoms with Crippen LogP contribution in [-0.4, -0.2) is 62.2 Å². The normalized spacial score (nSPS) is 25.4. The third kappa shape index (κ3) is 2.49. The molecule has 1 atom stereocenters. The van der Waals surface area contributed by atoms with Gasteiger partial charge in [0.1, 0.15) is 0 Å². The molecule has 1 fully saturated rings. The van der Waals surface area contributed by atoms with E-state index in [2.05, 4.69) is 4.98 Å². The number of hydrogen-bond donors (Lipinski definition) is 0. The maximum absolute atomic E-state index is 12.2. The van der Waals surface area contributed by atoms with Crippen molar-refractivity contribution in [2.24, 2.45) is 0 Å². The Morgan fingerprint density at radius 1 is 1.45 bits per heavy atom. The standard InChI is InChI=1S/C14H22N4O3S/c1-4-22(19,20)18-6-5-14(9-18)10-21-8-11-7-15-13(17(2)3)16-12(11)14/h7H,4-6,8-10H2,1-3H3/t14-/m0/s1. The van der Waals surface area contributed by atoms with E-state index in [9.17, 15) is 8.42 Å². The summed E-state index contributed by atoms with van der Waals surface area (Å²) in [6, 6.07) is 0. The zero-order valence-corrected chi connectivity index (χ0v) is 14.1. The fourth-order valence-electron chi connectivity index (χ4n) is 3.17. The Morgan fingerprint density at radius 2 is 2.23 bits per heavy atom. The highest BCUT2D eigenvalue weighted by atomic mass is 32.2. The van der Waals surface area contributed by atoms with Crippen LogP contribution in [0.15, 0.2) is 6.20 Å². The second-order valence-electron chi connectivity index (χ2n) is 6.20. The van der Waals surface area contributed by atoms with Gasteiger partial charge in [0, 0.05) is 38.9 Å². The molecule has 0 bridgehead atoms. The molecule has 122 valence electrons. The van der Waals surface area contributed by atoms with Crippen molar-refractivity contribution in [3.63, 3.8) is 0 Å². The Kier molecular flexibility index (Phi) is 3.86. The number of rotatable bonds is 3. The number of fused-ring (bicyclic) bond motifs is 2. The first-order valence-corrected chi connectivity index (χ1v) is 9.08. The SMILES string of the molecule is CCS(=O)(=O)N1CC[C@@]2(COCc3cnc(N(C)C)nc32)C1. The molecule has 1 aromatic heterocycles. The second kappa shape index (κ2) is 5.43. The first-order valence-electron chi connectivity index (χ1n) is 7.47. The van der Waals surface area contributed by atoms with Crippen molar-refractivity contribution < 1.29 is 13.2 Å². The van der Waals surface area contributed by atoms with Crippen molar-refractivity contribution in [1.29, 1.82) is 0 Å². The summed E-state index contributed by atoms with van der Waals surface area (Å²) in [5, 5.41) is 0. The van der Waals surface area contributed by atoms with Gasteiger partial charge in [-0.1, -0.05) is 0 Å². The van der Waals surface area contributed by atoms with Gasteiger partial charge < -0.3 is 9.64 Å². The highest BCUT2D eigenvalue weighted by molar-refractivity contribution is 7.89. The summed E-state index contributed by atoms with van der Waals surface area (Å²) in [4.78, 5) is 10.9. The number of aromatic nitrogens is 2. The van der Waals surface area contributed by atoms with E-state index in [1.807, 2.05) is 19.0 Å². The van der Waals surface area contributed by atoms with Gasteiger partial charge >= 0.3 is 0 Å². The summed E-state index contributed by atoms with van der Waals surface area (Å²) in [6.07, 6.45) is 2.54. The smallest absolute Gasteiger partial charge is 0.225 e. The minimum absolute atomic E-state index is 0.128. The minimum Gasteiger partial charge on any atom is -0.376 e. The van der Waals surface area contributed by atoms with Gasteiger partial charge in [-0.2, -0.15) is 0 Å². The third-order valence-electron chi connectivity index (χ3n) is 4.47. The van der Waals surface area contributed by atoms with Crippen molar-refractivity contribution in [1.82, 2.24) is 14.3 Å². The molecule has 2 aliphatic heterocycles. The van der Waals surface area contributed by atoms with E-state index >= 15 is 0 Å². The lowest BCUT2D eigenvalue weighted by molar-refractivity contribution is 0.0531. The van der Waals surface area contributed by atoms with Crippen LogP contribution in [0.25, 0.3) is 0 Å². The summed E-state index contributed by atoms with van der Waals surface area (Å²) in [5.41, 5.74) is 1.57. The van der Waals surface area contributed by atoms with E-state index in [1.165, 1.54) is 0 Å². The highest BCUT2D eigenvalue weighted by Crippen LogP contribution is 2.40. The van der Waals surface area contributed by atoms with Crippen LogP contribution in [0.2, 0.25) is 0 Å². The maximum Gasteiger partial charge on any atom is 0.225 e. The van der Waals surface area contributed by atoms with Crippen LogP contribution in [0.3, 0.4) is 0 Å². The average molecular weight is 326 g/mol. The van der Waals surface area contributed by atoms with Crippen molar-refractivity contribution in [2.75, 3.05) is 44.4 Å². The minimum atomic E-state index is -3.18. The fourth-order valence-corrected chi connectivity index (χ4v) is 4.35. The quantitative estimate of drug-likeness (QED) is 0.799. The zero-order valence-electron chi connectivity index (χ0n) is 13.2. The number of sulfonamides is 1. The Balaban J connectivity index is 1.99. The fraction of sp³-hybridized carbons (Fsp3) is 0.714. The Hall–Kier alpha value is -1.25. The molecule has 2 aliphatic rings. The van der Waals surface area contributed by atoms with Gasteiger partial charge in [-0.3, -0.25) is 0 Å². The molecular weight excluding hydrogens is 304 g/mol. The highest BCUT2D eigenvalue weighted by Gasteiger charge is 2.47. The van der Waals surface area contributed by atoms with Gasteiger partial charge in [-0.25, -0.2) is 22.7 Å². The molecule has 22 heavy (non-hydrogen) atoms. The first kappa shape index (κ1) is 15.6. The molecular formula is C14H22N4O3S. The lowest BCUT2D eigenvalue weighted by atomic mass is 9.81. The van der Waals surface area contributed by atoms with Crippen molar-refractivity contribution in [3.8, 4) is 0 Å². The molecule has 3 rings (SSSR count). The molecule has 0 unspecified atom stereocenters. The van der Waals surface area contributed by atoms with Crippen LogP contribution < -0.4 is 4.90 Å². The van der Waals surface area contributed by atoms with E-state index in [1.54, 1.807) is 17.4 Å². The van der Waals surface area contributed by atoms with Crippen molar-refractivity contribution >= 4 is 16.0 Å². The summed E-state index contributed by atoms with van der Waals surface area (Å²) in [6.45, 7) is 3.66. The predicted molar refractivity (Wildman–Crippen MR) is 83.3 cm³/mol. The lowest BCUT2D eigenvalue weighted by Gasteiger charge is -2.34. The zero-order chi connectivity index (χ0) is 16.0. The van der Waals surface area contributed by atoms with E-state index in [0.717, 1.165) is 17.7 Å². The second-order valence-corrected chi connectivity index (χ2v) is 8.45. The summed E-state index contributed by atoms with van der Waals surface area (Å²) >= 11 is 0. The van der Waals surface area contributed by atoms with Crippen LogP contribution in [0.1, 0.15) is 24.6 Å². The number of nitrogens with zero attached hydrogens (tertiary/aromatic N) is 4. The van der Waals surface area contributed by atoms with Crippen LogP contribution in [-0.2, 0) is 26.8 Å². The van der Waals surface area contributed by atoms with Crippen LogP contribution in [0.5, 0.6) is 0 Å². The topological polar surface area (TPSA) is 75.6 Å². The van der Waals surface area contributed by atoms with Gasteiger partial charge in [0.05, 0.1) is 30.1 Å². The van der Waals surface area contributed by atoms with Gasteiger partial charge in [-0.15, -0.1) is 0 Å². The molecule has 7 nitrogen and oxygen atoms in total. The van der Waals surface area contributed by atoms with E-state index in [0.29, 0.717) is 32.3 Å². The molecule has 0 radical (unpaired) electrons. The average Bonchev–Trinajstić information content (AvgIpc) is 2.93. The first-order chi connectivity index (χ1) is 10.4. The molecule has 0 amide bonds. The maximum atomic E-state index is 12.2. The number of ether oxygens (including phenoxy) is 1. The summed E-state index contributed by atoms with van der Waals surface area (Å²) in [7, 11) is 0.620. The molecule has 8 heteroatoms. The molecule has 3 heterocycles. The van der Waals surface area contributed by atoms with E-state index in [-0.39, 0.29) is 11.2 Å². The molecule has 1 aromatic rings. The molecule has 0 N–H and O–H groups in total. The molecule has 0 aromatic carbocycles. The van der Waals surface area contributed by atoms with Crippen LogP contribution >= 0.6 is 0 Å². The Bertz CT molecular complexity index is 677. The Labute approximate surface area is 131 Å². The van der Waals surface area contributed by atoms with E-state index < -0.39 is 10.0 Å². The third-order valence-corrected chi connectivity index (χ3v) is 6.30. The predicted octanol–water partition coefficient (Wildman–Crippen LogP) is 0.366. The van der Waals surface area contributed by atoms with E-state index in [4.69, 9.17) is 9.72 Å². The van der Waals surface area contributed by atoms with Crippen molar-refractivity contribution in [2.45, 2.75) is 25.4 Å². The molecule has 1 spiro atoms. The van der Waals surface area contributed by atoms with Gasteiger partial charge in [0.2, 0.25) is 16.0 Å². The number of anilines is 1. The van der Waals surface area contributed by atoms with Gasteiger partial charge in [0.25, 0.3) is 0 Å². The number of hydrogen-bond acceptors (Lipinski definition) is 6. The molecule has 0 saturated carbocycles. The van der Waals surface area contributed by atoms with Crippen LogP contribution in [0, 0.1) is 0 Å². The van der Waals surface area contributed by atoms with Crippen LogP contribution in [0.4, 0.5) is 5.95 Å². The Morgan fingerprint density at radius 3 is 2.91 bits per heavy atom. The summed E-state index contributed by atoms with van der Waals surface area (Å²) in [5.74, 6) is 0.778. The molecule has 0 aliphatic carbocycles. The van der Waals surface area contributed by atoms with Gasteiger partial charge in [-0.05, 0) is 13.3 Å². The summed E-state index contributed by atoms with van der Waals surface area (Å²) < 4.78 is 31.6.